The lowest BCUT2D eigenvalue weighted by Crippen LogP contribution is -2.06. The lowest BCUT2D eigenvalue weighted by atomic mass is 10.1. The Morgan fingerprint density at radius 3 is 2.42 bits per heavy atom. The Hall–Kier alpha value is -1.30. The smallest absolute Gasteiger partial charge is 0.164 e. The molecule has 0 aliphatic heterocycles. The third-order valence-corrected chi connectivity index (χ3v) is 1.67. The molecule has 0 amide bonds. The Bertz CT molecular complexity index is 284. The summed E-state index contributed by atoms with van der Waals surface area (Å²) >= 11 is 0. The monoisotopic (exact) mass is 161 g/mol. The molecule has 0 saturated heterocycles. The molecule has 1 atom stereocenters. The standard InChI is InChI=1S/C10H11NO/c1-3-10(12-11)9-6-4-8(2)5-7-9/h1,4-7,10H,11H2,2H3. The minimum Gasteiger partial charge on any atom is -0.283 e. The second-order valence-electron chi connectivity index (χ2n) is 2.59. The van der Waals surface area contributed by atoms with Gasteiger partial charge < -0.3 is 0 Å². The number of hydrogen-bond acceptors (Lipinski definition) is 2. The van der Waals surface area contributed by atoms with Gasteiger partial charge in [-0.1, -0.05) is 35.7 Å². The number of terminal acetylenes is 1. The van der Waals surface area contributed by atoms with Gasteiger partial charge in [0.05, 0.1) is 0 Å². The lowest BCUT2D eigenvalue weighted by Gasteiger charge is -2.07. The van der Waals surface area contributed by atoms with E-state index >= 15 is 0 Å². The first-order chi connectivity index (χ1) is 5.77. The van der Waals surface area contributed by atoms with Crippen molar-refractivity contribution < 1.29 is 4.84 Å². The van der Waals surface area contributed by atoms with Crippen LogP contribution in [-0.2, 0) is 4.84 Å². The first kappa shape index (κ1) is 8.79. The fourth-order valence-corrected chi connectivity index (χ4v) is 0.955. The lowest BCUT2D eigenvalue weighted by molar-refractivity contribution is 0.0935. The molecular weight excluding hydrogens is 150 g/mol. The van der Waals surface area contributed by atoms with Crippen molar-refractivity contribution in [2.24, 2.45) is 5.90 Å². The van der Waals surface area contributed by atoms with Crippen LogP contribution in [0.25, 0.3) is 0 Å². The van der Waals surface area contributed by atoms with E-state index in [0.717, 1.165) is 5.56 Å². The molecule has 1 rings (SSSR count). The van der Waals surface area contributed by atoms with E-state index < -0.39 is 6.10 Å². The number of hydrogen-bond donors (Lipinski definition) is 1. The molecule has 0 heterocycles. The quantitative estimate of drug-likeness (QED) is 0.527. The minimum atomic E-state index is -0.439. The molecule has 0 bridgehead atoms. The molecule has 0 spiro atoms. The van der Waals surface area contributed by atoms with Gasteiger partial charge in [-0.05, 0) is 12.5 Å². The summed E-state index contributed by atoms with van der Waals surface area (Å²) in [6.45, 7) is 2.01. The predicted molar refractivity (Wildman–Crippen MR) is 48.0 cm³/mol. The third kappa shape index (κ3) is 1.85. The fourth-order valence-electron chi connectivity index (χ4n) is 0.955. The topological polar surface area (TPSA) is 35.2 Å². The zero-order valence-corrected chi connectivity index (χ0v) is 6.95. The van der Waals surface area contributed by atoms with Gasteiger partial charge in [-0.25, -0.2) is 5.90 Å². The molecule has 0 aromatic heterocycles. The summed E-state index contributed by atoms with van der Waals surface area (Å²) in [5.41, 5.74) is 2.09. The highest BCUT2D eigenvalue weighted by atomic mass is 16.6. The maximum Gasteiger partial charge on any atom is 0.164 e. The highest BCUT2D eigenvalue weighted by molar-refractivity contribution is 5.27. The highest BCUT2D eigenvalue weighted by Gasteiger charge is 2.05. The molecule has 0 saturated carbocycles. The third-order valence-electron chi connectivity index (χ3n) is 1.67. The molecule has 1 aromatic carbocycles. The van der Waals surface area contributed by atoms with Crippen LogP contribution in [-0.4, -0.2) is 0 Å². The van der Waals surface area contributed by atoms with Crippen LogP contribution in [0.5, 0.6) is 0 Å². The predicted octanol–water partition coefficient (Wildman–Crippen LogP) is 1.56. The van der Waals surface area contributed by atoms with Gasteiger partial charge in [0, 0.05) is 0 Å². The summed E-state index contributed by atoms with van der Waals surface area (Å²) in [6, 6.07) is 7.76. The van der Waals surface area contributed by atoms with Crippen LogP contribution in [0.4, 0.5) is 0 Å². The summed E-state index contributed by atoms with van der Waals surface area (Å²) in [5, 5.41) is 0. The number of rotatable bonds is 2. The van der Waals surface area contributed by atoms with Gasteiger partial charge in [0.15, 0.2) is 6.10 Å². The SMILES string of the molecule is C#CC(ON)c1ccc(C)cc1. The maximum absolute atomic E-state index is 5.20. The fraction of sp³-hybridized carbons (Fsp3) is 0.200. The van der Waals surface area contributed by atoms with Gasteiger partial charge in [0.2, 0.25) is 0 Å². The molecule has 0 aliphatic rings. The first-order valence-electron chi connectivity index (χ1n) is 3.66. The zero-order chi connectivity index (χ0) is 8.97. The van der Waals surface area contributed by atoms with Gasteiger partial charge in [-0.3, -0.25) is 4.84 Å². The van der Waals surface area contributed by atoms with Gasteiger partial charge in [0.1, 0.15) is 0 Å². The van der Waals surface area contributed by atoms with E-state index in [4.69, 9.17) is 12.3 Å². The normalized spacial score (nSPS) is 12.1. The summed E-state index contributed by atoms with van der Waals surface area (Å²) in [5.74, 6) is 7.45. The minimum absolute atomic E-state index is 0.439. The van der Waals surface area contributed by atoms with Crippen LogP contribution in [0.15, 0.2) is 24.3 Å². The van der Waals surface area contributed by atoms with E-state index in [-0.39, 0.29) is 0 Å². The molecular formula is C10H11NO. The number of aryl methyl sites for hydroxylation is 1. The molecule has 62 valence electrons. The number of benzene rings is 1. The molecule has 0 fully saturated rings. The molecule has 2 heteroatoms. The van der Waals surface area contributed by atoms with Crippen molar-refractivity contribution >= 4 is 0 Å². The molecule has 0 radical (unpaired) electrons. The van der Waals surface area contributed by atoms with Crippen LogP contribution < -0.4 is 5.90 Å². The van der Waals surface area contributed by atoms with E-state index in [2.05, 4.69) is 10.8 Å². The molecule has 1 unspecified atom stereocenters. The Labute approximate surface area is 72.3 Å². The Kier molecular flexibility index (Phi) is 2.87. The van der Waals surface area contributed by atoms with Crippen molar-refractivity contribution in [2.75, 3.05) is 0 Å². The Morgan fingerprint density at radius 2 is 2.00 bits per heavy atom. The van der Waals surface area contributed by atoms with Crippen LogP contribution in [0, 0.1) is 19.3 Å². The molecule has 2 N–H and O–H groups in total. The van der Waals surface area contributed by atoms with Crippen molar-refractivity contribution in [1.82, 2.24) is 0 Å². The maximum atomic E-state index is 5.20. The van der Waals surface area contributed by atoms with Crippen molar-refractivity contribution in [3.63, 3.8) is 0 Å². The molecule has 2 nitrogen and oxygen atoms in total. The van der Waals surface area contributed by atoms with E-state index in [9.17, 15) is 0 Å². The molecule has 12 heavy (non-hydrogen) atoms. The molecule has 1 aromatic rings. The van der Waals surface area contributed by atoms with Gasteiger partial charge >= 0.3 is 0 Å². The van der Waals surface area contributed by atoms with E-state index in [1.807, 2.05) is 31.2 Å². The Balaban J connectivity index is 2.89. The highest BCUT2D eigenvalue weighted by Crippen LogP contribution is 2.14. The van der Waals surface area contributed by atoms with Crippen LogP contribution in [0.3, 0.4) is 0 Å². The van der Waals surface area contributed by atoms with Crippen molar-refractivity contribution in [3.8, 4) is 12.3 Å². The van der Waals surface area contributed by atoms with Gasteiger partial charge in [0.25, 0.3) is 0 Å². The Morgan fingerprint density at radius 1 is 1.42 bits per heavy atom. The van der Waals surface area contributed by atoms with E-state index in [1.165, 1.54) is 5.56 Å². The van der Waals surface area contributed by atoms with Crippen molar-refractivity contribution in [3.05, 3.63) is 35.4 Å². The van der Waals surface area contributed by atoms with Crippen LogP contribution >= 0.6 is 0 Å². The van der Waals surface area contributed by atoms with Crippen molar-refractivity contribution in [2.45, 2.75) is 13.0 Å². The molecule has 0 aliphatic carbocycles. The zero-order valence-electron chi connectivity index (χ0n) is 6.95. The first-order valence-corrected chi connectivity index (χ1v) is 3.66. The van der Waals surface area contributed by atoms with Crippen molar-refractivity contribution in [1.29, 1.82) is 0 Å². The average Bonchev–Trinajstić information content (AvgIpc) is 2.10. The summed E-state index contributed by atoms with van der Waals surface area (Å²) < 4.78 is 0. The average molecular weight is 161 g/mol. The van der Waals surface area contributed by atoms with Gasteiger partial charge in [-0.15, -0.1) is 6.42 Å². The van der Waals surface area contributed by atoms with Crippen LogP contribution in [0.2, 0.25) is 0 Å². The summed E-state index contributed by atoms with van der Waals surface area (Å²) in [7, 11) is 0. The largest absolute Gasteiger partial charge is 0.283 e. The van der Waals surface area contributed by atoms with Gasteiger partial charge in [-0.2, -0.15) is 0 Å². The summed E-state index contributed by atoms with van der Waals surface area (Å²) in [4.78, 5) is 4.59. The summed E-state index contributed by atoms with van der Waals surface area (Å²) in [6.07, 6.45) is 4.76. The second kappa shape index (κ2) is 3.91. The van der Waals surface area contributed by atoms with Crippen LogP contribution in [0.1, 0.15) is 17.2 Å². The van der Waals surface area contributed by atoms with E-state index in [1.54, 1.807) is 0 Å². The second-order valence-corrected chi connectivity index (χ2v) is 2.59. The van der Waals surface area contributed by atoms with E-state index in [0.29, 0.717) is 0 Å². The number of nitrogens with two attached hydrogens (primary N) is 1.